The van der Waals surface area contributed by atoms with Crippen molar-refractivity contribution in [1.29, 1.82) is 0 Å². The fraction of sp³-hybridized carbons (Fsp3) is 0.250. The van der Waals surface area contributed by atoms with E-state index in [4.69, 9.17) is 5.73 Å². The molecule has 94 valence electrons. The molecule has 0 fully saturated rings. The molecule has 0 unspecified atom stereocenters. The average molecular weight is 241 g/mol. The van der Waals surface area contributed by atoms with Crippen molar-refractivity contribution in [2.45, 2.75) is 25.0 Å². The van der Waals surface area contributed by atoms with Crippen LogP contribution in [0.1, 0.15) is 11.1 Å². The first-order valence-corrected chi connectivity index (χ1v) is 6.27. The third-order valence-electron chi connectivity index (χ3n) is 3.10. The highest BCUT2D eigenvalue weighted by molar-refractivity contribution is 5.18. The number of nitrogens with two attached hydrogens (primary N) is 1. The van der Waals surface area contributed by atoms with Gasteiger partial charge in [-0.2, -0.15) is 0 Å². The van der Waals surface area contributed by atoms with Crippen LogP contribution in [0, 0.1) is 0 Å². The zero-order chi connectivity index (χ0) is 12.8. The van der Waals surface area contributed by atoms with E-state index in [1.807, 2.05) is 60.7 Å². The van der Waals surface area contributed by atoms with Gasteiger partial charge in [0.25, 0.3) is 0 Å². The van der Waals surface area contributed by atoms with Crippen molar-refractivity contribution in [2.24, 2.45) is 5.73 Å². The van der Waals surface area contributed by atoms with Gasteiger partial charge in [-0.15, -0.1) is 0 Å². The maximum Gasteiger partial charge on any atom is 0.0734 e. The molecule has 2 atom stereocenters. The minimum atomic E-state index is -0.507. The van der Waals surface area contributed by atoms with E-state index in [-0.39, 0.29) is 6.04 Å². The van der Waals surface area contributed by atoms with Crippen LogP contribution in [0.2, 0.25) is 0 Å². The first-order chi connectivity index (χ1) is 8.75. The lowest BCUT2D eigenvalue weighted by molar-refractivity contribution is 0.144. The van der Waals surface area contributed by atoms with E-state index in [9.17, 15) is 5.11 Å². The van der Waals surface area contributed by atoms with E-state index < -0.39 is 6.10 Å². The summed E-state index contributed by atoms with van der Waals surface area (Å²) in [5, 5.41) is 10.1. The molecule has 2 rings (SSSR count). The van der Waals surface area contributed by atoms with E-state index in [1.165, 1.54) is 0 Å². The Morgan fingerprint density at radius 2 is 1.22 bits per heavy atom. The van der Waals surface area contributed by atoms with Gasteiger partial charge >= 0.3 is 0 Å². The van der Waals surface area contributed by atoms with E-state index >= 15 is 0 Å². The molecule has 2 nitrogen and oxygen atoms in total. The Morgan fingerprint density at radius 1 is 0.778 bits per heavy atom. The van der Waals surface area contributed by atoms with Crippen LogP contribution in [0.15, 0.2) is 60.7 Å². The molecule has 2 aromatic rings. The standard InChI is InChI=1S/C16H19NO/c17-15(11-13-7-3-1-4-8-13)16(18)12-14-9-5-2-6-10-14/h1-10,15-16,18H,11-12,17H2/t15-,16+/m1/s1. The number of hydrogen-bond donors (Lipinski definition) is 2. The van der Waals surface area contributed by atoms with Crippen molar-refractivity contribution in [2.75, 3.05) is 0 Å². The van der Waals surface area contributed by atoms with E-state index in [1.54, 1.807) is 0 Å². The topological polar surface area (TPSA) is 46.2 Å². The van der Waals surface area contributed by atoms with Gasteiger partial charge in [-0.1, -0.05) is 60.7 Å². The van der Waals surface area contributed by atoms with E-state index in [0.717, 1.165) is 11.1 Å². The molecule has 0 bridgehead atoms. The van der Waals surface area contributed by atoms with E-state index in [0.29, 0.717) is 12.8 Å². The van der Waals surface area contributed by atoms with Gasteiger partial charge < -0.3 is 10.8 Å². The zero-order valence-corrected chi connectivity index (χ0v) is 10.4. The molecule has 2 aromatic carbocycles. The van der Waals surface area contributed by atoms with Gasteiger partial charge in [-0.05, 0) is 24.0 Å². The van der Waals surface area contributed by atoms with Gasteiger partial charge in [-0.25, -0.2) is 0 Å². The predicted molar refractivity (Wildman–Crippen MR) is 74.3 cm³/mol. The van der Waals surface area contributed by atoms with Crippen molar-refractivity contribution < 1.29 is 5.11 Å². The Balaban J connectivity index is 1.91. The number of benzene rings is 2. The number of hydrogen-bond acceptors (Lipinski definition) is 2. The second-order valence-electron chi connectivity index (χ2n) is 4.61. The number of rotatable bonds is 5. The van der Waals surface area contributed by atoms with Gasteiger partial charge in [0.05, 0.1) is 6.10 Å². The summed E-state index contributed by atoms with van der Waals surface area (Å²) in [5.41, 5.74) is 8.33. The highest BCUT2D eigenvalue weighted by Gasteiger charge is 2.15. The summed E-state index contributed by atoms with van der Waals surface area (Å²) in [5.74, 6) is 0. The zero-order valence-electron chi connectivity index (χ0n) is 10.4. The molecular weight excluding hydrogens is 222 g/mol. The van der Waals surface area contributed by atoms with Gasteiger partial charge in [0, 0.05) is 6.04 Å². The summed E-state index contributed by atoms with van der Waals surface area (Å²) >= 11 is 0. The SMILES string of the molecule is N[C@H](Cc1ccccc1)[C@@H](O)Cc1ccccc1. The highest BCUT2D eigenvalue weighted by atomic mass is 16.3. The minimum Gasteiger partial charge on any atom is -0.391 e. The van der Waals surface area contributed by atoms with Crippen molar-refractivity contribution in [3.63, 3.8) is 0 Å². The van der Waals surface area contributed by atoms with E-state index in [2.05, 4.69) is 0 Å². The van der Waals surface area contributed by atoms with Crippen LogP contribution >= 0.6 is 0 Å². The summed E-state index contributed by atoms with van der Waals surface area (Å²) in [6.45, 7) is 0. The normalized spacial score (nSPS) is 14.1. The first-order valence-electron chi connectivity index (χ1n) is 6.27. The molecule has 0 spiro atoms. The number of aliphatic hydroxyl groups is 1. The molecular formula is C16H19NO. The largest absolute Gasteiger partial charge is 0.391 e. The quantitative estimate of drug-likeness (QED) is 0.842. The Labute approximate surface area is 108 Å². The Morgan fingerprint density at radius 3 is 1.72 bits per heavy atom. The fourth-order valence-electron chi connectivity index (χ4n) is 2.03. The maximum atomic E-state index is 10.1. The van der Waals surface area contributed by atoms with Crippen LogP contribution in [0.25, 0.3) is 0 Å². The maximum absolute atomic E-state index is 10.1. The summed E-state index contributed by atoms with van der Waals surface area (Å²) in [6.07, 6.45) is 0.802. The van der Waals surface area contributed by atoms with Gasteiger partial charge in [-0.3, -0.25) is 0 Å². The van der Waals surface area contributed by atoms with Crippen LogP contribution in [-0.2, 0) is 12.8 Å². The molecule has 0 saturated heterocycles. The summed E-state index contributed by atoms with van der Waals surface area (Å²) < 4.78 is 0. The van der Waals surface area contributed by atoms with Crippen LogP contribution < -0.4 is 5.73 Å². The molecule has 2 heteroatoms. The molecule has 18 heavy (non-hydrogen) atoms. The lowest BCUT2D eigenvalue weighted by Crippen LogP contribution is -2.38. The molecule has 0 aromatic heterocycles. The average Bonchev–Trinajstić information content (AvgIpc) is 2.41. The predicted octanol–water partition coefficient (Wildman–Crippen LogP) is 2.16. The second kappa shape index (κ2) is 6.34. The van der Waals surface area contributed by atoms with Crippen molar-refractivity contribution in [3.05, 3.63) is 71.8 Å². The fourth-order valence-corrected chi connectivity index (χ4v) is 2.03. The molecule has 0 aliphatic carbocycles. The van der Waals surface area contributed by atoms with Crippen molar-refractivity contribution in [1.82, 2.24) is 0 Å². The molecule has 0 heterocycles. The van der Waals surface area contributed by atoms with Gasteiger partial charge in [0.2, 0.25) is 0 Å². The lowest BCUT2D eigenvalue weighted by atomic mass is 9.97. The van der Waals surface area contributed by atoms with Crippen molar-refractivity contribution >= 4 is 0 Å². The number of aliphatic hydroxyl groups excluding tert-OH is 1. The smallest absolute Gasteiger partial charge is 0.0734 e. The van der Waals surface area contributed by atoms with Crippen LogP contribution in [0.3, 0.4) is 0 Å². The molecule has 0 aliphatic heterocycles. The lowest BCUT2D eigenvalue weighted by Gasteiger charge is -2.19. The van der Waals surface area contributed by atoms with Crippen LogP contribution in [-0.4, -0.2) is 17.3 Å². The third-order valence-corrected chi connectivity index (χ3v) is 3.10. The van der Waals surface area contributed by atoms with Crippen molar-refractivity contribution in [3.8, 4) is 0 Å². The second-order valence-corrected chi connectivity index (χ2v) is 4.61. The molecule has 3 N–H and O–H groups in total. The van der Waals surface area contributed by atoms with Crippen LogP contribution in [0.4, 0.5) is 0 Å². The minimum absolute atomic E-state index is 0.229. The molecule has 0 amide bonds. The summed E-state index contributed by atoms with van der Waals surface area (Å²) in [6, 6.07) is 19.8. The molecule has 0 aliphatic rings. The summed E-state index contributed by atoms with van der Waals surface area (Å²) in [4.78, 5) is 0. The summed E-state index contributed by atoms with van der Waals surface area (Å²) in [7, 11) is 0. The first kappa shape index (κ1) is 12.8. The third kappa shape index (κ3) is 3.69. The Hall–Kier alpha value is -1.64. The van der Waals surface area contributed by atoms with Crippen LogP contribution in [0.5, 0.6) is 0 Å². The highest BCUT2D eigenvalue weighted by Crippen LogP contribution is 2.09. The van der Waals surface area contributed by atoms with Gasteiger partial charge in [0.1, 0.15) is 0 Å². The Kier molecular flexibility index (Phi) is 4.51. The Bertz CT molecular complexity index is 410. The monoisotopic (exact) mass is 241 g/mol. The molecule has 0 radical (unpaired) electrons. The van der Waals surface area contributed by atoms with Gasteiger partial charge in [0.15, 0.2) is 0 Å². The molecule has 0 saturated carbocycles.